The smallest absolute Gasteiger partial charge is 0.147 e. The van der Waals surface area contributed by atoms with Gasteiger partial charge >= 0.3 is 0 Å². The minimum absolute atomic E-state index is 0.0131. The SMILES string of the molecule is C#CCC(=O)CC(C)OC. The van der Waals surface area contributed by atoms with Crippen LogP contribution in [0.25, 0.3) is 0 Å². The van der Waals surface area contributed by atoms with Gasteiger partial charge in [-0.05, 0) is 6.92 Å². The van der Waals surface area contributed by atoms with E-state index in [-0.39, 0.29) is 18.3 Å². The molecule has 0 rings (SSSR count). The van der Waals surface area contributed by atoms with E-state index < -0.39 is 0 Å². The van der Waals surface area contributed by atoms with E-state index in [4.69, 9.17) is 11.2 Å². The number of carbonyl (C=O) groups is 1. The molecule has 0 aromatic carbocycles. The van der Waals surface area contributed by atoms with Crippen molar-refractivity contribution in [2.45, 2.75) is 25.9 Å². The average molecular weight is 140 g/mol. The molecule has 0 aliphatic carbocycles. The lowest BCUT2D eigenvalue weighted by Gasteiger charge is -2.05. The van der Waals surface area contributed by atoms with Crippen molar-refractivity contribution in [1.82, 2.24) is 0 Å². The minimum Gasteiger partial charge on any atom is -0.381 e. The number of Topliss-reactive ketones (excluding diaryl/α,β-unsaturated/α-hetero) is 1. The van der Waals surface area contributed by atoms with Crippen LogP contribution in [0.5, 0.6) is 0 Å². The second-order valence-electron chi connectivity index (χ2n) is 2.17. The summed E-state index contributed by atoms with van der Waals surface area (Å²) in [6.07, 6.45) is 5.56. The zero-order valence-electron chi connectivity index (χ0n) is 6.39. The van der Waals surface area contributed by atoms with E-state index in [1.165, 1.54) is 0 Å². The molecule has 0 bridgehead atoms. The molecule has 56 valence electrons. The molecule has 0 spiro atoms. The average Bonchev–Trinajstić information content (AvgIpc) is 1.88. The molecule has 2 nitrogen and oxygen atoms in total. The van der Waals surface area contributed by atoms with E-state index in [2.05, 4.69) is 5.92 Å². The van der Waals surface area contributed by atoms with Gasteiger partial charge in [0.25, 0.3) is 0 Å². The Hall–Kier alpha value is -0.810. The molecule has 0 saturated heterocycles. The van der Waals surface area contributed by atoms with Crippen molar-refractivity contribution in [2.24, 2.45) is 0 Å². The van der Waals surface area contributed by atoms with Crippen molar-refractivity contribution in [3.05, 3.63) is 0 Å². The molecule has 0 heterocycles. The first-order valence-electron chi connectivity index (χ1n) is 3.18. The molecule has 0 N–H and O–H groups in total. The van der Waals surface area contributed by atoms with Crippen LogP contribution in [0, 0.1) is 12.3 Å². The molecular formula is C8H12O2. The highest BCUT2D eigenvalue weighted by atomic mass is 16.5. The Morgan fingerprint density at radius 3 is 2.80 bits per heavy atom. The Morgan fingerprint density at radius 1 is 1.80 bits per heavy atom. The van der Waals surface area contributed by atoms with Crippen LogP contribution in [-0.4, -0.2) is 19.0 Å². The molecule has 0 aliphatic heterocycles. The topological polar surface area (TPSA) is 26.3 Å². The number of hydrogen-bond donors (Lipinski definition) is 0. The van der Waals surface area contributed by atoms with Crippen molar-refractivity contribution in [3.8, 4) is 12.3 Å². The minimum atomic E-state index is -0.0131. The predicted molar refractivity (Wildman–Crippen MR) is 39.5 cm³/mol. The monoisotopic (exact) mass is 140 g/mol. The van der Waals surface area contributed by atoms with Crippen LogP contribution in [0.15, 0.2) is 0 Å². The van der Waals surface area contributed by atoms with Gasteiger partial charge in [-0.15, -0.1) is 6.42 Å². The third-order valence-electron chi connectivity index (χ3n) is 1.22. The lowest BCUT2D eigenvalue weighted by molar-refractivity contribution is -0.120. The Morgan fingerprint density at radius 2 is 2.40 bits per heavy atom. The Bertz CT molecular complexity index is 144. The first kappa shape index (κ1) is 9.19. The highest BCUT2D eigenvalue weighted by Gasteiger charge is 2.05. The summed E-state index contributed by atoms with van der Waals surface area (Å²) in [7, 11) is 1.58. The summed E-state index contributed by atoms with van der Waals surface area (Å²) in [6.45, 7) is 1.84. The number of rotatable bonds is 4. The van der Waals surface area contributed by atoms with Gasteiger partial charge in [0.15, 0.2) is 0 Å². The number of terminal acetylenes is 1. The molecule has 10 heavy (non-hydrogen) atoms. The van der Waals surface area contributed by atoms with Gasteiger partial charge in [-0.3, -0.25) is 4.79 Å². The summed E-state index contributed by atoms with van der Waals surface area (Å²) in [5.41, 5.74) is 0. The van der Waals surface area contributed by atoms with Crippen molar-refractivity contribution < 1.29 is 9.53 Å². The molecule has 0 aliphatic rings. The number of methoxy groups -OCH3 is 1. The zero-order chi connectivity index (χ0) is 7.98. The summed E-state index contributed by atoms with van der Waals surface area (Å²) in [6, 6.07) is 0. The normalized spacial score (nSPS) is 12.1. The van der Waals surface area contributed by atoms with Crippen LogP contribution in [0.2, 0.25) is 0 Å². The molecule has 0 aromatic rings. The molecular weight excluding hydrogens is 128 g/mol. The van der Waals surface area contributed by atoms with Crippen molar-refractivity contribution in [2.75, 3.05) is 7.11 Å². The van der Waals surface area contributed by atoms with Crippen LogP contribution in [0.3, 0.4) is 0 Å². The van der Waals surface area contributed by atoms with E-state index in [9.17, 15) is 4.79 Å². The quantitative estimate of drug-likeness (QED) is 0.544. The number of ketones is 1. The Balaban J connectivity index is 3.49. The molecule has 1 atom stereocenters. The number of carbonyl (C=O) groups excluding carboxylic acids is 1. The lowest BCUT2D eigenvalue weighted by Crippen LogP contribution is -2.11. The Kier molecular flexibility index (Phi) is 4.61. The highest BCUT2D eigenvalue weighted by Crippen LogP contribution is 1.97. The highest BCUT2D eigenvalue weighted by molar-refractivity contribution is 5.81. The van der Waals surface area contributed by atoms with Crippen molar-refractivity contribution in [1.29, 1.82) is 0 Å². The molecule has 0 radical (unpaired) electrons. The summed E-state index contributed by atoms with van der Waals surface area (Å²) in [5.74, 6) is 2.36. The van der Waals surface area contributed by atoms with Gasteiger partial charge in [-0.25, -0.2) is 0 Å². The molecule has 0 saturated carbocycles. The van der Waals surface area contributed by atoms with Crippen LogP contribution in [-0.2, 0) is 9.53 Å². The third kappa shape index (κ3) is 4.11. The largest absolute Gasteiger partial charge is 0.381 e. The van der Waals surface area contributed by atoms with Crippen molar-refractivity contribution >= 4 is 5.78 Å². The molecule has 1 unspecified atom stereocenters. The maximum atomic E-state index is 10.8. The fourth-order valence-electron chi connectivity index (χ4n) is 0.590. The molecule has 0 aromatic heterocycles. The fraction of sp³-hybridized carbons (Fsp3) is 0.625. The zero-order valence-corrected chi connectivity index (χ0v) is 6.39. The molecule has 0 amide bonds. The van der Waals surface area contributed by atoms with Gasteiger partial charge in [0, 0.05) is 13.5 Å². The number of ether oxygens (including phenoxy) is 1. The van der Waals surface area contributed by atoms with Gasteiger partial charge < -0.3 is 4.74 Å². The van der Waals surface area contributed by atoms with E-state index in [0.29, 0.717) is 6.42 Å². The second kappa shape index (κ2) is 5.01. The van der Waals surface area contributed by atoms with Gasteiger partial charge in [-0.2, -0.15) is 0 Å². The summed E-state index contributed by atoms with van der Waals surface area (Å²) in [5, 5.41) is 0. The van der Waals surface area contributed by atoms with Crippen LogP contribution in [0.4, 0.5) is 0 Å². The second-order valence-corrected chi connectivity index (χ2v) is 2.17. The first-order valence-corrected chi connectivity index (χ1v) is 3.18. The lowest BCUT2D eigenvalue weighted by atomic mass is 10.1. The van der Waals surface area contributed by atoms with Gasteiger partial charge in [0.05, 0.1) is 12.5 Å². The molecule has 2 heteroatoms. The third-order valence-corrected chi connectivity index (χ3v) is 1.22. The standard InChI is InChI=1S/C8H12O2/c1-4-5-8(9)6-7(2)10-3/h1,7H,5-6H2,2-3H3. The van der Waals surface area contributed by atoms with E-state index in [0.717, 1.165) is 0 Å². The fourth-order valence-corrected chi connectivity index (χ4v) is 0.590. The van der Waals surface area contributed by atoms with E-state index in [1.54, 1.807) is 7.11 Å². The van der Waals surface area contributed by atoms with Crippen LogP contribution >= 0.6 is 0 Å². The summed E-state index contributed by atoms with van der Waals surface area (Å²) >= 11 is 0. The Labute approximate surface area is 61.6 Å². The maximum Gasteiger partial charge on any atom is 0.147 e. The summed E-state index contributed by atoms with van der Waals surface area (Å²) < 4.78 is 4.88. The van der Waals surface area contributed by atoms with E-state index >= 15 is 0 Å². The molecule has 0 fully saturated rings. The van der Waals surface area contributed by atoms with Gasteiger partial charge in [0.1, 0.15) is 5.78 Å². The van der Waals surface area contributed by atoms with Crippen molar-refractivity contribution in [3.63, 3.8) is 0 Å². The van der Waals surface area contributed by atoms with Gasteiger partial charge in [-0.1, -0.05) is 5.92 Å². The van der Waals surface area contributed by atoms with Crippen LogP contribution < -0.4 is 0 Å². The van der Waals surface area contributed by atoms with E-state index in [1.807, 2.05) is 6.92 Å². The predicted octanol–water partition coefficient (Wildman–Crippen LogP) is 1.00. The maximum absolute atomic E-state index is 10.8. The first-order chi connectivity index (χ1) is 4.70. The van der Waals surface area contributed by atoms with Crippen LogP contribution in [0.1, 0.15) is 19.8 Å². The number of hydrogen-bond acceptors (Lipinski definition) is 2. The van der Waals surface area contributed by atoms with Gasteiger partial charge in [0.2, 0.25) is 0 Å². The summed E-state index contributed by atoms with van der Waals surface area (Å²) in [4.78, 5) is 10.8.